The minimum absolute atomic E-state index is 0.0135. The molecule has 11 N–H and O–H groups in total. The van der Waals surface area contributed by atoms with Crippen molar-refractivity contribution >= 4 is 82.8 Å². The molecule has 30 heteroatoms. The average Bonchev–Trinajstić information content (AvgIpc) is 1.30. The molecule has 30 nitrogen and oxygen atoms in total. The second kappa shape index (κ2) is 46.7. The lowest BCUT2D eigenvalue weighted by Gasteiger charge is -2.36. The van der Waals surface area contributed by atoms with Crippen LogP contribution in [0.5, 0.6) is 0 Å². The van der Waals surface area contributed by atoms with Crippen molar-refractivity contribution in [2.45, 2.75) is 232 Å². The van der Waals surface area contributed by atoms with E-state index in [9.17, 15) is 62.3 Å². The van der Waals surface area contributed by atoms with E-state index in [0.29, 0.717) is 49.7 Å². The first-order valence-corrected chi connectivity index (χ1v) is 39.2. The van der Waals surface area contributed by atoms with Crippen molar-refractivity contribution in [2.75, 3.05) is 67.1 Å². The van der Waals surface area contributed by atoms with Crippen LogP contribution < -0.4 is 48.3 Å². The van der Waals surface area contributed by atoms with Gasteiger partial charge in [-0.3, -0.25) is 62.3 Å². The van der Waals surface area contributed by atoms with Crippen LogP contribution in [0.4, 0.5) is 0 Å². The number of rotatable bonds is 46. The molecule has 2 aliphatic heterocycles. The van der Waals surface area contributed by atoms with Crippen LogP contribution >= 0.6 is 0 Å². The van der Waals surface area contributed by atoms with Crippen molar-refractivity contribution in [1.82, 2.24) is 67.0 Å². The molecule has 0 aromatic heterocycles. The van der Waals surface area contributed by atoms with Crippen molar-refractivity contribution in [3.8, 4) is 0 Å². The van der Waals surface area contributed by atoms with Gasteiger partial charge in [0.05, 0.1) is 25.7 Å². The highest BCUT2D eigenvalue weighted by atomic mass is 16.5. The number of hydrogen-bond donors (Lipinski definition) is 10. The molecular formula is C81H122N14O16. The molecule has 13 amide bonds. The van der Waals surface area contributed by atoms with Crippen molar-refractivity contribution in [3.63, 3.8) is 0 Å². The fraction of sp³-hybridized carbons (Fsp3) is 0.605. The monoisotopic (exact) mass is 1550 g/mol. The smallest absolute Gasteiger partial charge is 0.329 e. The minimum Gasteiger partial charge on any atom is -0.480 e. The van der Waals surface area contributed by atoms with Crippen LogP contribution in [0.25, 0.3) is 0 Å². The van der Waals surface area contributed by atoms with Crippen LogP contribution in [0.2, 0.25) is 0 Å². The Morgan fingerprint density at radius 3 is 1.41 bits per heavy atom. The summed E-state index contributed by atoms with van der Waals surface area (Å²) in [7, 11) is 4.41. The Hall–Kier alpha value is -9.84. The molecule has 2 saturated heterocycles. The summed E-state index contributed by atoms with van der Waals surface area (Å²) in [5, 5.41) is 31.0. The number of likely N-dealkylation sites (tertiary alicyclic amines) is 2. The molecule has 1 unspecified atom stereocenters. The van der Waals surface area contributed by atoms with E-state index < -0.39 is 169 Å². The zero-order chi connectivity index (χ0) is 82.0. The number of likely N-dealkylation sites (N-methyl/N-ethyl adjacent to an activating group) is 3. The van der Waals surface area contributed by atoms with Crippen LogP contribution in [0.3, 0.4) is 0 Å². The Morgan fingerprint density at radius 1 is 0.477 bits per heavy atom. The van der Waals surface area contributed by atoms with Gasteiger partial charge in [0.25, 0.3) is 0 Å². The lowest BCUT2D eigenvalue weighted by Crippen LogP contribution is -2.59. The van der Waals surface area contributed by atoms with Crippen LogP contribution in [-0.2, 0) is 91.1 Å². The number of nitrogens with one attached hydrogen (secondary N) is 8. The number of carbonyl (C=O) groups is 14. The largest absolute Gasteiger partial charge is 0.480 e. The molecular weight excluding hydrogens is 1420 g/mol. The summed E-state index contributed by atoms with van der Waals surface area (Å²) in [5.41, 5.74) is 8.44. The summed E-state index contributed by atoms with van der Waals surface area (Å²) in [4.78, 5) is 203. The molecule has 0 saturated carbocycles. The van der Waals surface area contributed by atoms with Gasteiger partial charge < -0.3 is 82.6 Å². The first-order valence-electron chi connectivity index (χ1n) is 39.2. The third-order valence-electron chi connectivity index (χ3n) is 19.9. The van der Waals surface area contributed by atoms with Gasteiger partial charge in [-0.2, -0.15) is 0 Å². The molecule has 2 aliphatic rings. The van der Waals surface area contributed by atoms with Crippen molar-refractivity contribution in [1.29, 1.82) is 0 Å². The van der Waals surface area contributed by atoms with E-state index in [0.717, 1.165) is 5.56 Å². The average molecular weight is 1550 g/mol. The number of amides is 13. The van der Waals surface area contributed by atoms with Crippen LogP contribution in [0, 0.1) is 17.8 Å². The molecule has 111 heavy (non-hydrogen) atoms. The standard InChI is InChI=1S/C81H122N14O16/c1-13-15-34-64(75(104)88-59(42-51(3)4)72(101)83-38-41-111-50-70(98)99)92(11)81(110)67(35-16-14-2)93(12)78(107)63(47-57-32-24-19-25-33-57)87-68(96)48-84-73(102)60(46-56-30-22-18-23-31-56)89-76(105)66-37-27-40-95(66)79(108)61(43-52(5)6)86-69(97)49-85-74(103)65-36-26-39-94(65)80(109)62(44-53(7)8)90-71(100)54(9)91(10)77(106)58(82)45-55-28-20-17-21-29-55/h17-25,28-33,51-54,58-67H,13-16,26-27,34-50,82H2,1-12H3,(H,83,101)(H,84,102)(H,85,103)(H,86,97)(H,87,96)(H,88,104)(H,89,105)(H,90,100)(H,98,99)/t54-,58-,59-,60-,61-,62-,63-,64-,65?,66-,67-/m0/s1. The Labute approximate surface area is 653 Å². The number of ether oxygens (including phenoxy) is 1. The molecule has 3 aromatic rings. The lowest BCUT2D eigenvalue weighted by molar-refractivity contribution is -0.149. The topological polar surface area (TPSA) is 407 Å². The molecule has 2 fully saturated rings. The number of carboxylic acid groups (broad SMARTS) is 1. The third kappa shape index (κ3) is 29.7. The zero-order valence-electron chi connectivity index (χ0n) is 66.9. The summed E-state index contributed by atoms with van der Waals surface area (Å²) < 4.78 is 5.06. The quantitative estimate of drug-likeness (QED) is 0.0364. The number of unbranched alkanes of at least 4 members (excludes halogenated alkanes) is 2. The summed E-state index contributed by atoms with van der Waals surface area (Å²) >= 11 is 0. The SMILES string of the molecule is CCCC[C@@H](C(=O)N(C)[C@@H](CCCC)C(=O)N[C@@H](CC(C)C)C(=O)NCCOCC(=O)O)N(C)C(=O)[C@H](Cc1ccccc1)NC(=O)CNC(=O)[C@H](Cc1ccccc1)NC(=O)[C@@H]1CCCN1C(=O)[C@H](CC(C)C)NC(=O)CNC(=O)C1CCCN1C(=O)[C@H](CC(C)C)NC(=O)[C@H](C)N(C)C(=O)[C@@H](N)Cc1ccccc1. The Kier molecular flexibility index (Phi) is 38.6. The summed E-state index contributed by atoms with van der Waals surface area (Å²) in [5.74, 6) is -9.39. The highest BCUT2D eigenvalue weighted by Crippen LogP contribution is 2.25. The maximum absolute atomic E-state index is 15.0. The number of aliphatic carboxylic acids is 1. The van der Waals surface area contributed by atoms with Gasteiger partial charge in [-0.25, -0.2) is 4.79 Å². The molecule has 612 valence electrons. The van der Waals surface area contributed by atoms with Crippen LogP contribution in [-0.4, -0.2) is 246 Å². The molecule has 2 heterocycles. The van der Waals surface area contributed by atoms with Gasteiger partial charge in [0.1, 0.15) is 67.0 Å². The highest BCUT2D eigenvalue weighted by molar-refractivity contribution is 5.99. The van der Waals surface area contributed by atoms with Gasteiger partial charge in [-0.15, -0.1) is 0 Å². The summed E-state index contributed by atoms with van der Waals surface area (Å²) in [6.07, 6.45) is 4.86. The number of nitrogens with two attached hydrogens (primary N) is 1. The summed E-state index contributed by atoms with van der Waals surface area (Å²) in [6.45, 7) is 15.1. The third-order valence-corrected chi connectivity index (χ3v) is 19.9. The molecule has 3 aromatic carbocycles. The van der Waals surface area contributed by atoms with Crippen LogP contribution in [0.1, 0.15) is 162 Å². The second-order valence-electron chi connectivity index (χ2n) is 30.4. The van der Waals surface area contributed by atoms with Crippen molar-refractivity contribution in [2.24, 2.45) is 23.5 Å². The Morgan fingerprint density at radius 2 is 0.910 bits per heavy atom. The Balaban J connectivity index is 1.26. The number of carbonyl (C=O) groups excluding carboxylic acids is 13. The first-order chi connectivity index (χ1) is 52.8. The van der Waals surface area contributed by atoms with Gasteiger partial charge in [-0.1, -0.05) is 172 Å². The zero-order valence-corrected chi connectivity index (χ0v) is 66.9. The predicted molar refractivity (Wildman–Crippen MR) is 418 cm³/mol. The van der Waals surface area contributed by atoms with Gasteiger partial charge in [0.15, 0.2) is 0 Å². The fourth-order valence-electron chi connectivity index (χ4n) is 13.8. The molecule has 0 bridgehead atoms. The molecule has 0 aliphatic carbocycles. The van der Waals surface area contributed by atoms with E-state index in [1.54, 1.807) is 67.6 Å². The predicted octanol–water partition coefficient (Wildman–Crippen LogP) is 2.92. The molecule has 0 spiro atoms. The van der Waals surface area contributed by atoms with E-state index in [1.807, 2.05) is 85.7 Å². The van der Waals surface area contributed by atoms with Gasteiger partial charge in [-0.05, 0) is 106 Å². The van der Waals surface area contributed by atoms with Gasteiger partial charge >= 0.3 is 5.97 Å². The number of hydrogen-bond acceptors (Lipinski definition) is 16. The van der Waals surface area contributed by atoms with Crippen molar-refractivity contribution in [3.05, 3.63) is 108 Å². The van der Waals surface area contributed by atoms with Gasteiger partial charge in [0.2, 0.25) is 76.8 Å². The fourth-order valence-corrected chi connectivity index (χ4v) is 13.8. The van der Waals surface area contributed by atoms with Gasteiger partial charge in [0, 0.05) is 53.6 Å². The van der Waals surface area contributed by atoms with Crippen LogP contribution in [0.15, 0.2) is 91.0 Å². The summed E-state index contributed by atoms with van der Waals surface area (Å²) in [6, 6.07) is 14.9. The number of benzene rings is 3. The second-order valence-corrected chi connectivity index (χ2v) is 30.4. The maximum atomic E-state index is 15.0. The minimum atomic E-state index is -1.30. The maximum Gasteiger partial charge on any atom is 0.329 e. The lowest BCUT2D eigenvalue weighted by atomic mass is 9.99. The first kappa shape index (κ1) is 91.8. The van der Waals surface area contributed by atoms with E-state index in [4.69, 9.17) is 15.6 Å². The molecule has 0 radical (unpaired) electrons. The molecule has 11 atom stereocenters. The number of nitrogens with zero attached hydrogens (tertiary/aromatic N) is 5. The highest BCUT2D eigenvalue weighted by Gasteiger charge is 2.43. The Bertz CT molecular complexity index is 3570. The van der Waals surface area contributed by atoms with E-state index in [2.05, 4.69) is 42.5 Å². The van der Waals surface area contributed by atoms with E-state index >= 15 is 4.79 Å². The van der Waals surface area contributed by atoms with Crippen molar-refractivity contribution < 1.29 is 77.0 Å². The van der Waals surface area contributed by atoms with E-state index in [1.165, 1.54) is 45.6 Å². The normalized spacial score (nSPS) is 16.5. The number of carboxylic acids is 1. The van der Waals surface area contributed by atoms with E-state index in [-0.39, 0.29) is 108 Å². The molecule has 5 rings (SSSR count).